The van der Waals surface area contributed by atoms with E-state index in [1.54, 1.807) is 0 Å². The average Bonchev–Trinajstić information content (AvgIpc) is 2.73. The van der Waals surface area contributed by atoms with E-state index in [1.165, 1.54) is 53.5 Å². The summed E-state index contributed by atoms with van der Waals surface area (Å²) >= 11 is 1.94. The summed E-state index contributed by atoms with van der Waals surface area (Å²) in [7, 11) is 0. The molecule has 0 radical (unpaired) electrons. The van der Waals surface area contributed by atoms with Crippen LogP contribution >= 0.6 is 11.3 Å². The molecule has 2 aromatic rings. The van der Waals surface area contributed by atoms with Gasteiger partial charge in [-0.15, -0.1) is 11.3 Å². The summed E-state index contributed by atoms with van der Waals surface area (Å²) in [5.41, 5.74) is 0. The lowest BCUT2D eigenvalue weighted by Gasteiger charge is -2.26. The Morgan fingerprint density at radius 1 is 1.05 bits per heavy atom. The standard InChI is InChI=1S/C19H27NS/c1-14(16-9-5-3-4-6-10-16)20-15(2)19-13-17-11-7-8-12-18(17)21-19/h7-8,11-16,20H,3-6,9-10H2,1-2H3/t14-,15?/m1/s1. The van der Waals surface area contributed by atoms with Gasteiger partial charge >= 0.3 is 0 Å². The highest BCUT2D eigenvalue weighted by molar-refractivity contribution is 7.19. The van der Waals surface area contributed by atoms with Crippen molar-refractivity contribution in [3.8, 4) is 0 Å². The van der Waals surface area contributed by atoms with Crippen LogP contribution < -0.4 is 5.32 Å². The summed E-state index contributed by atoms with van der Waals surface area (Å²) < 4.78 is 1.41. The Labute approximate surface area is 132 Å². The van der Waals surface area contributed by atoms with Crippen molar-refractivity contribution in [2.75, 3.05) is 0 Å². The number of hydrogen-bond acceptors (Lipinski definition) is 2. The van der Waals surface area contributed by atoms with Crippen molar-refractivity contribution in [3.05, 3.63) is 35.2 Å². The first-order chi connectivity index (χ1) is 10.2. The van der Waals surface area contributed by atoms with Gasteiger partial charge < -0.3 is 5.32 Å². The number of nitrogens with one attached hydrogen (secondary N) is 1. The maximum Gasteiger partial charge on any atom is 0.0388 e. The minimum atomic E-state index is 0.459. The predicted octanol–water partition coefficient (Wildman–Crippen LogP) is 5.91. The molecular weight excluding hydrogens is 274 g/mol. The zero-order chi connectivity index (χ0) is 14.7. The number of hydrogen-bond donors (Lipinski definition) is 1. The molecule has 1 aromatic carbocycles. The summed E-state index contributed by atoms with van der Waals surface area (Å²) in [5, 5.41) is 5.25. The molecule has 0 amide bonds. The van der Waals surface area contributed by atoms with E-state index in [0.717, 1.165) is 5.92 Å². The Kier molecular flexibility index (Phi) is 4.97. The molecule has 3 rings (SSSR count). The van der Waals surface area contributed by atoms with Crippen LogP contribution in [-0.2, 0) is 0 Å². The fourth-order valence-electron chi connectivity index (χ4n) is 3.64. The van der Waals surface area contributed by atoms with Crippen LogP contribution in [0.4, 0.5) is 0 Å². The van der Waals surface area contributed by atoms with E-state index in [1.807, 2.05) is 11.3 Å². The molecule has 1 aliphatic rings. The van der Waals surface area contributed by atoms with Crippen LogP contribution in [0.1, 0.15) is 63.3 Å². The van der Waals surface area contributed by atoms with Crippen molar-refractivity contribution in [1.82, 2.24) is 5.32 Å². The third-order valence-corrected chi connectivity index (χ3v) is 6.29. The lowest BCUT2D eigenvalue weighted by Crippen LogP contribution is -2.35. The Morgan fingerprint density at radius 3 is 2.48 bits per heavy atom. The van der Waals surface area contributed by atoms with Gasteiger partial charge in [-0.1, -0.05) is 43.9 Å². The van der Waals surface area contributed by atoms with Crippen molar-refractivity contribution in [2.45, 2.75) is 64.5 Å². The first-order valence-corrected chi connectivity index (χ1v) is 9.30. The lowest BCUT2D eigenvalue weighted by atomic mass is 9.92. The predicted molar refractivity (Wildman–Crippen MR) is 94.0 cm³/mol. The van der Waals surface area contributed by atoms with Crippen LogP contribution in [0.15, 0.2) is 30.3 Å². The molecule has 0 bridgehead atoms. The summed E-state index contributed by atoms with van der Waals surface area (Å²) in [6.07, 6.45) is 8.55. The highest BCUT2D eigenvalue weighted by Gasteiger charge is 2.21. The second-order valence-electron chi connectivity index (χ2n) is 6.62. The van der Waals surface area contributed by atoms with Gasteiger partial charge in [-0.3, -0.25) is 0 Å². The van der Waals surface area contributed by atoms with Gasteiger partial charge in [0.2, 0.25) is 0 Å². The van der Waals surface area contributed by atoms with Crippen molar-refractivity contribution < 1.29 is 0 Å². The van der Waals surface area contributed by atoms with E-state index < -0.39 is 0 Å². The van der Waals surface area contributed by atoms with Crippen molar-refractivity contribution in [3.63, 3.8) is 0 Å². The number of benzene rings is 1. The summed E-state index contributed by atoms with van der Waals surface area (Å²) in [4.78, 5) is 1.47. The minimum Gasteiger partial charge on any atom is -0.307 e. The molecule has 1 nitrogen and oxygen atoms in total. The molecular formula is C19H27NS. The Bertz CT molecular complexity index is 533. The molecule has 114 valence electrons. The lowest BCUT2D eigenvalue weighted by molar-refractivity contribution is 0.318. The van der Waals surface area contributed by atoms with Crippen LogP contribution in [0.25, 0.3) is 10.1 Å². The van der Waals surface area contributed by atoms with E-state index in [-0.39, 0.29) is 0 Å². The molecule has 1 saturated carbocycles. The largest absolute Gasteiger partial charge is 0.307 e. The summed E-state index contributed by atoms with van der Waals surface area (Å²) in [6.45, 7) is 4.71. The molecule has 2 heteroatoms. The average molecular weight is 301 g/mol. The monoisotopic (exact) mass is 301 g/mol. The maximum atomic E-state index is 3.86. The molecule has 1 aromatic heterocycles. The first-order valence-electron chi connectivity index (χ1n) is 8.48. The molecule has 1 aliphatic carbocycles. The molecule has 2 atom stereocenters. The highest BCUT2D eigenvalue weighted by atomic mass is 32.1. The third kappa shape index (κ3) is 3.67. The second kappa shape index (κ2) is 6.93. The number of thiophene rings is 1. The van der Waals surface area contributed by atoms with Crippen LogP contribution in [-0.4, -0.2) is 6.04 Å². The first kappa shape index (κ1) is 15.1. The van der Waals surface area contributed by atoms with Gasteiger partial charge in [-0.2, -0.15) is 0 Å². The molecule has 1 N–H and O–H groups in total. The maximum absolute atomic E-state index is 3.86. The van der Waals surface area contributed by atoms with Crippen molar-refractivity contribution >= 4 is 21.4 Å². The van der Waals surface area contributed by atoms with E-state index >= 15 is 0 Å². The van der Waals surface area contributed by atoms with Gasteiger partial charge in [0, 0.05) is 21.7 Å². The molecule has 1 unspecified atom stereocenters. The highest BCUT2D eigenvalue weighted by Crippen LogP contribution is 2.31. The fourth-order valence-corrected chi connectivity index (χ4v) is 4.72. The smallest absolute Gasteiger partial charge is 0.0388 e. The van der Waals surface area contributed by atoms with E-state index in [0.29, 0.717) is 12.1 Å². The van der Waals surface area contributed by atoms with E-state index in [4.69, 9.17) is 0 Å². The SMILES string of the molecule is CC(N[C@H](C)C1CCCCCC1)c1cc2ccccc2s1. The fraction of sp³-hybridized carbons (Fsp3) is 0.579. The van der Waals surface area contributed by atoms with E-state index in [2.05, 4.69) is 49.5 Å². The third-order valence-electron chi connectivity index (χ3n) is 4.99. The summed E-state index contributed by atoms with van der Waals surface area (Å²) in [5.74, 6) is 0.865. The Morgan fingerprint density at radius 2 is 1.76 bits per heavy atom. The molecule has 1 fully saturated rings. The zero-order valence-corrected chi connectivity index (χ0v) is 14.1. The number of rotatable bonds is 4. The number of fused-ring (bicyclic) bond motifs is 1. The molecule has 0 aliphatic heterocycles. The van der Waals surface area contributed by atoms with Crippen molar-refractivity contribution in [1.29, 1.82) is 0 Å². The Hall–Kier alpha value is -0.860. The Balaban J connectivity index is 1.65. The normalized spacial score (nSPS) is 20.3. The van der Waals surface area contributed by atoms with Gasteiger partial charge in [-0.05, 0) is 50.1 Å². The van der Waals surface area contributed by atoms with E-state index in [9.17, 15) is 0 Å². The van der Waals surface area contributed by atoms with Crippen LogP contribution in [0.5, 0.6) is 0 Å². The quantitative estimate of drug-likeness (QED) is 0.692. The van der Waals surface area contributed by atoms with Gasteiger partial charge in [0.15, 0.2) is 0 Å². The minimum absolute atomic E-state index is 0.459. The molecule has 0 spiro atoms. The van der Waals surface area contributed by atoms with Crippen LogP contribution in [0.2, 0.25) is 0 Å². The topological polar surface area (TPSA) is 12.0 Å². The molecule has 21 heavy (non-hydrogen) atoms. The molecule has 0 saturated heterocycles. The zero-order valence-electron chi connectivity index (χ0n) is 13.3. The summed E-state index contributed by atoms with van der Waals surface area (Å²) in [6, 6.07) is 12.2. The van der Waals surface area contributed by atoms with Gasteiger partial charge in [0.05, 0.1) is 0 Å². The van der Waals surface area contributed by atoms with Crippen LogP contribution in [0, 0.1) is 5.92 Å². The second-order valence-corrected chi connectivity index (χ2v) is 7.73. The van der Waals surface area contributed by atoms with Crippen molar-refractivity contribution in [2.24, 2.45) is 5.92 Å². The van der Waals surface area contributed by atoms with Gasteiger partial charge in [-0.25, -0.2) is 0 Å². The van der Waals surface area contributed by atoms with Gasteiger partial charge in [0.25, 0.3) is 0 Å². The van der Waals surface area contributed by atoms with Crippen LogP contribution in [0.3, 0.4) is 0 Å². The van der Waals surface area contributed by atoms with Gasteiger partial charge in [0.1, 0.15) is 0 Å². The molecule has 1 heterocycles.